The van der Waals surface area contributed by atoms with E-state index in [1.807, 2.05) is 20.8 Å². The fourth-order valence-electron chi connectivity index (χ4n) is 11.3. The number of nitrogens with one attached hydrogen (secondary N) is 1. The molecule has 4 fully saturated rings. The van der Waals surface area contributed by atoms with Crippen LogP contribution in [0, 0.1) is 45.3 Å². The Balaban J connectivity index is 1.56. The zero-order valence-corrected chi connectivity index (χ0v) is 26.4. The van der Waals surface area contributed by atoms with Gasteiger partial charge in [0.15, 0.2) is 0 Å². The number of hydrogen-bond donors (Lipinski definition) is 2. The molecule has 0 aromatic carbocycles. The number of amides is 1. The normalized spacial score (nSPS) is 45.3. The number of carbonyl (C=O) groups excluding carboxylic acids is 2. The van der Waals surface area contributed by atoms with Crippen LogP contribution in [0.2, 0.25) is 0 Å². The first-order chi connectivity index (χ1) is 17.8. The minimum absolute atomic E-state index is 0.0775. The van der Waals surface area contributed by atoms with E-state index in [1.165, 1.54) is 5.57 Å². The second-order valence-electron chi connectivity index (χ2n) is 16.7. The molecule has 0 aliphatic heterocycles. The average molecular weight is 542 g/mol. The predicted molar refractivity (Wildman–Crippen MR) is 155 cm³/mol. The number of rotatable bonds is 2. The molecular formula is C34H55NO4. The maximum absolute atomic E-state index is 13.2. The van der Waals surface area contributed by atoms with Crippen LogP contribution in [0.3, 0.4) is 0 Å². The van der Waals surface area contributed by atoms with Crippen molar-refractivity contribution >= 4 is 11.9 Å². The number of fused-ring (bicyclic) bond motifs is 7. The summed E-state index contributed by atoms with van der Waals surface area (Å²) in [5.41, 5.74) is 1.55. The zero-order valence-electron chi connectivity index (χ0n) is 26.4. The maximum Gasteiger partial charge on any atom is 0.408 e. The molecule has 5 aliphatic carbocycles. The quantitative estimate of drug-likeness (QED) is 0.353. The fraction of sp³-hybridized carbons (Fsp3) is 0.882. The van der Waals surface area contributed by atoms with E-state index in [2.05, 4.69) is 53.8 Å². The third-order valence-corrected chi connectivity index (χ3v) is 13.1. The van der Waals surface area contributed by atoms with Gasteiger partial charge in [-0.05, 0) is 117 Å². The predicted octanol–water partition coefficient (Wildman–Crippen LogP) is 7.61. The van der Waals surface area contributed by atoms with Crippen molar-refractivity contribution in [2.45, 2.75) is 144 Å². The molecule has 5 rings (SSSR count). The molecule has 0 radical (unpaired) electrons. The van der Waals surface area contributed by atoms with Gasteiger partial charge in [-0.25, -0.2) is 4.79 Å². The summed E-state index contributed by atoms with van der Waals surface area (Å²) in [7, 11) is 0. The van der Waals surface area contributed by atoms with Crippen molar-refractivity contribution in [2.75, 3.05) is 0 Å². The molecule has 39 heavy (non-hydrogen) atoms. The number of carbonyl (C=O) groups is 2. The van der Waals surface area contributed by atoms with E-state index in [-0.39, 0.29) is 33.7 Å². The van der Waals surface area contributed by atoms with Crippen LogP contribution in [-0.4, -0.2) is 34.2 Å². The van der Waals surface area contributed by atoms with Gasteiger partial charge < -0.3 is 15.2 Å². The summed E-state index contributed by atoms with van der Waals surface area (Å²) >= 11 is 0. The minimum Gasteiger partial charge on any atom is -0.444 e. The molecule has 5 heteroatoms. The topological polar surface area (TPSA) is 75.6 Å². The van der Waals surface area contributed by atoms with Crippen molar-refractivity contribution in [3.63, 3.8) is 0 Å². The Morgan fingerprint density at radius 2 is 1.62 bits per heavy atom. The highest BCUT2D eigenvalue weighted by Gasteiger charge is 2.70. The summed E-state index contributed by atoms with van der Waals surface area (Å²) in [5.74, 6) is 2.03. The highest BCUT2D eigenvalue weighted by atomic mass is 16.6. The molecule has 5 aliphatic rings. The Bertz CT molecular complexity index is 1080. The first kappa shape index (κ1) is 29.1. The summed E-state index contributed by atoms with van der Waals surface area (Å²) in [4.78, 5) is 26.2. The van der Waals surface area contributed by atoms with Gasteiger partial charge in [-0.1, -0.05) is 48.5 Å². The standard InChI is InChI=1S/C34H55NO4/c1-20(2)26-22(36)19-34(35-28(38)39-29(3,4)5)18-17-32(9)21(27(26)34)11-12-24-31(8)15-14-25(37)30(6,7)23(31)13-16-33(24,32)10/h20-24,36H,11-19H2,1-10H3,(H,35,38)/t21-,22?,23+,24-,31+,32-,33-,34-/m1/s1. The van der Waals surface area contributed by atoms with Gasteiger partial charge in [-0.15, -0.1) is 0 Å². The Labute approximate surface area is 237 Å². The van der Waals surface area contributed by atoms with Gasteiger partial charge in [-0.2, -0.15) is 0 Å². The molecule has 2 N–H and O–H groups in total. The highest BCUT2D eigenvalue weighted by Crippen LogP contribution is 2.75. The number of ketones is 1. The number of alkyl carbamates (subject to hydrolysis) is 1. The van der Waals surface area contributed by atoms with E-state index in [9.17, 15) is 14.7 Å². The molecule has 0 heterocycles. The van der Waals surface area contributed by atoms with Crippen LogP contribution in [0.4, 0.5) is 4.79 Å². The number of ether oxygens (including phenoxy) is 1. The second-order valence-corrected chi connectivity index (χ2v) is 16.7. The smallest absolute Gasteiger partial charge is 0.408 e. The van der Waals surface area contributed by atoms with Gasteiger partial charge in [0.25, 0.3) is 0 Å². The van der Waals surface area contributed by atoms with Crippen molar-refractivity contribution in [3.8, 4) is 0 Å². The summed E-state index contributed by atoms with van der Waals surface area (Å²) in [6, 6.07) is 0. The third-order valence-electron chi connectivity index (χ3n) is 13.1. The highest BCUT2D eigenvalue weighted by molar-refractivity contribution is 5.85. The second kappa shape index (κ2) is 8.82. The lowest BCUT2D eigenvalue weighted by Gasteiger charge is -2.71. The molecule has 1 amide bonds. The van der Waals surface area contributed by atoms with E-state index < -0.39 is 17.2 Å². The maximum atomic E-state index is 13.2. The lowest BCUT2D eigenvalue weighted by Crippen LogP contribution is -2.67. The third kappa shape index (κ3) is 4.02. The van der Waals surface area contributed by atoms with Crippen molar-refractivity contribution in [2.24, 2.45) is 45.3 Å². The van der Waals surface area contributed by atoms with Gasteiger partial charge >= 0.3 is 6.09 Å². The molecule has 0 saturated heterocycles. The molecule has 1 unspecified atom stereocenters. The first-order valence-electron chi connectivity index (χ1n) is 15.8. The summed E-state index contributed by atoms with van der Waals surface area (Å²) in [6.45, 7) is 22.2. The molecule has 8 atom stereocenters. The molecule has 0 aromatic rings. The molecule has 0 spiro atoms. The van der Waals surface area contributed by atoms with Crippen LogP contribution in [0.25, 0.3) is 0 Å². The fourth-order valence-corrected chi connectivity index (χ4v) is 11.3. The Kier molecular flexibility index (Phi) is 6.59. The minimum atomic E-state index is -0.569. The SMILES string of the molecule is CC(C)C1=C2[C@H]3CC[C@@H]4[C@@]5(C)CCC(=O)C(C)(C)[C@@H]5CC[C@@]4(C)[C@]3(C)CC[C@@]2(NC(=O)OC(C)(C)C)CC1O. The first-order valence-corrected chi connectivity index (χ1v) is 15.8. The molecular weight excluding hydrogens is 486 g/mol. The average Bonchev–Trinajstić information content (AvgIpc) is 3.07. The van der Waals surface area contributed by atoms with Gasteiger partial charge in [0.05, 0.1) is 11.6 Å². The molecule has 220 valence electrons. The molecule has 0 aromatic heterocycles. The lowest BCUT2D eigenvalue weighted by atomic mass is 9.33. The van der Waals surface area contributed by atoms with Crippen molar-refractivity contribution < 1.29 is 19.4 Å². The molecule has 5 nitrogen and oxygen atoms in total. The van der Waals surface area contributed by atoms with Crippen LogP contribution < -0.4 is 5.32 Å². The Hall–Kier alpha value is -1.36. The van der Waals surface area contributed by atoms with Crippen LogP contribution in [0.15, 0.2) is 11.1 Å². The monoisotopic (exact) mass is 541 g/mol. The van der Waals surface area contributed by atoms with Crippen molar-refractivity contribution in [1.29, 1.82) is 0 Å². The van der Waals surface area contributed by atoms with Crippen molar-refractivity contribution in [3.05, 3.63) is 11.1 Å². The van der Waals surface area contributed by atoms with Gasteiger partial charge in [0.1, 0.15) is 11.4 Å². The molecule has 0 bridgehead atoms. The number of hydrogen-bond acceptors (Lipinski definition) is 4. The number of aliphatic hydroxyl groups excluding tert-OH is 1. The van der Waals surface area contributed by atoms with E-state index in [0.29, 0.717) is 36.4 Å². The Morgan fingerprint density at radius 1 is 0.949 bits per heavy atom. The van der Waals surface area contributed by atoms with Crippen LogP contribution in [0.1, 0.15) is 127 Å². The van der Waals surface area contributed by atoms with Gasteiger partial charge in [0.2, 0.25) is 0 Å². The number of Topliss-reactive ketones (excluding diaryl/α,β-unsaturated/α-hetero) is 1. The Morgan fingerprint density at radius 3 is 2.23 bits per heavy atom. The van der Waals surface area contributed by atoms with Crippen molar-refractivity contribution in [1.82, 2.24) is 5.32 Å². The van der Waals surface area contributed by atoms with Gasteiger partial charge in [-0.3, -0.25) is 4.79 Å². The zero-order chi connectivity index (χ0) is 29.0. The van der Waals surface area contributed by atoms with E-state index in [4.69, 9.17) is 4.74 Å². The summed E-state index contributed by atoms with van der Waals surface area (Å²) in [6.07, 6.45) is 7.77. The number of aliphatic hydroxyl groups is 1. The van der Waals surface area contributed by atoms with Crippen LogP contribution in [-0.2, 0) is 9.53 Å². The summed E-state index contributed by atoms with van der Waals surface area (Å²) in [5, 5.41) is 14.8. The largest absolute Gasteiger partial charge is 0.444 e. The van der Waals surface area contributed by atoms with Crippen LogP contribution >= 0.6 is 0 Å². The van der Waals surface area contributed by atoms with E-state index >= 15 is 0 Å². The molecule has 4 saturated carbocycles. The van der Waals surface area contributed by atoms with E-state index in [1.54, 1.807) is 0 Å². The summed E-state index contributed by atoms with van der Waals surface area (Å²) < 4.78 is 5.76. The lowest BCUT2D eigenvalue weighted by molar-refractivity contribution is -0.209. The van der Waals surface area contributed by atoms with Crippen LogP contribution in [0.5, 0.6) is 0 Å². The van der Waals surface area contributed by atoms with Gasteiger partial charge in [0, 0.05) is 18.3 Å². The van der Waals surface area contributed by atoms with E-state index in [0.717, 1.165) is 50.5 Å².